The first kappa shape index (κ1) is 24.6. The van der Waals surface area contributed by atoms with Gasteiger partial charge in [0.1, 0.15) is 11.8 Å². The highest BCUT2D eigenvalue weighted by molar-refractivity contribution is 5.96. The van der Waals surface area contributed by atoms with Crippen molar-refractivity contribution >= 4 is 5.91 Å². The lowest BCUT2D eigenvalue weighted by Gasteiger charge is -2.42. The average molecular weight is 489 g/mol. The summed E-state index contributed by atoms with van der Waals surface area (Å²) in [5, 5.41) is 8.30. The molecule has 0 saturated carbocycles. The van der Waals surface area contributed by atoms with Crippen molar-refractivity contribution in [3.8, 4) is 11.6 Å². The van der Waals surface area contributed by atoms with E-state index in [1.54, 1.807) is 17.0 Å². The lowest BCUT2D eigenvalue weighted by molar-refractivity contribution is -0.137. The Balaban J connectivity index is 1.62. The Bertz CT molecular complexity index is 1150. The summed E-state index contributed by atoms with van der Waals surface area (Å²) in [7, 11) is 0. The fourth-order valence-electron chi connectivity index (χ4n) is 4.34. The van der Waals surface area contributed by atoms with Crippen LogP contribution < -0.4 is 4.74 Å². The summed E-state index contributed by atoms with van der Waals surface area (Å²) in [5.74, 6) is 0.0962. The Morgan fingerprint density at radius 3 is 2.54 bits per heavy atom. The predicted octanol–water partition coefficient (Wildman–Crippen LogP) is 4.48. The molecule has 1 aliphatic heterocycles. The number of likely N-dealkylation sites (tertiary alicyclic amines) is 1. The predicted molar refractivity (Wildman–Crippen MR) is 121 cm³/mol. The first-order chi connectivity index (χ1) is 16.7. The van der Waals surface area contributed by atoms with Crippen LogP contribution in [0.4, 0.5) is 13.2 Å². The second-order valence-electron chi connectivity index (χ2n) is 8.79. The van der Waals surface area contributed by atoms with Gasteiger partial charge in [-0.1, -0.05) is 13.8 Å². The molecule has 4 rings (SSSR count). The first-order valence-corrected chi connectivity index (χ1v) is 11.5. The van der Waals surface area contributed by atoms with Crippen molar-refractivity contribution in [2.24, 2.45) is 5.92 Å². The van der Waals surface area contributed by atoms with Crippen molar-refractivity contribution in [1.82, 2.24) is 29.9 Å². The van der Waals surface area contributed by atoms with Gasteiger partial charge in [0.25, 0.3) is 5.91 Å². The molecule has 3 aromatic rings. The number of nitrogens with zero attached hydrogens (tertiary/aromatic N) is 6. The number of hydrogen-bond donors (Lipinski definition) is 0. The number of aryl methyl sites for hydroxylation is 1. The molecule has 186 valence electrons. The highest BCUT2D eigenvalue weighted by Gasteiger charge is 2.38. The molecule has 11 heteroatoms. The molecule has 3 aromatic heterocycles. The van der Waals surface area contributed by atoms with Gasteiger partial charge in [0.05, 0.1) is 24.0 Å². The number of amides is 1. The fourth-order valence-corrected chi connectivity index (χ4v) is 4.34. The Morgan fingerprint density at radius 2 is 1.91 bits per heavy atom. The minimum atomic E-state index is -4.47. The third kappa shape index (κ3) is 5.44. The van der Waals surface area contributed by atoms with E-state index in [9.17, 15) is 18.0 Å². The van der Waals surface area contributed by atoms with E-state index >= 15 is 0 Å². The van der Waals surface area contributed by atoms with Crippen molar-refractivity contribution in [3.05, 3.63) is 59.8 Å². The van der Waals surface area contributed by atoms with E-state index in [-0.39, 0.29) is 29.4 Å². The lowest BCUT2D eigenvalue weighted by Crippen LogP contribution is -2.53. The molecule has 0 aromatic carbocycles. The van der Waals surface area contributed by atoms with Gasteiger partial charge in [-0.05, 0) is 50.3 Å². The van der Waals surface area contributed by atoms with Crippen LogP contribution in [0.5, 0.6) is 5.88 Å². The molecular weight excluding hydrogens is 461 g/mol. The van der Waals surface area contributed by atoms with Crippen LogP contribution in [0.3, 0.4) is 0 Å². The summed E-state index contributed by atoms with van der Waals surface area (Å²) in [5.41, 5.74) is 0.554. The normalized spacial score (nSPS) is 19.4. The number of carbonyl (C=O) groups excluding carboxylic acids is 1. The van der Waals surface area contributed by atoms with Crippen molar-refractivity contribution in [2.45, 2.75) is 58.4 Å². The summed E-state index contributed by atoms with van der Waals surface area (Å²) in [6.45, 7) is 6.31. The van der Waals surface area contributed by atoms with Crippen molar-refractivity contribution in [3.63, 3.8) is 0 Å². The van der Waals surface area contributed by atoms with Crippen LogP contribution in [0.15, 0.2) is 42.9 Å². The molecule has 8 nitrogen and oxygen atoms in total. The second kappa shape index (κ2) is 10.0. The van der Waals surface area contributed by atoms with E-state index in [0.29, 0.717) is 30.8 Å². The highest BCUT2D eigenvalue weighted by atomic mass is 19.4. The summed E-state index contributed by atoms with van der Waals surface area (Å²) >= 11 is 0. The van der Waals surface area contributed by atoms with Crippen LogP contribution in [0.2, 0.25) is 0 Å². The van der Waals surface area contributed by atoms with Gasteiger partial charge in [-0.25, -0.2) is 9.97 Å². The number of piperidine rings is 1. The van der Waals surface area contributed by atoms with E-state index in [0.717, 1.165) is 18.7 Å². The van der Waals surface area contributed by atoms with Crippen LogP contribution in [0.1, 0.15) is 54.9 Å². The Morgan fingerprint density at radius 1 is 1.17 bits per heavy atom. The topological polar surface area (TPSA) is 86.0 Å². The zero-order chi connectivity index (χ0) is 25.2. The van der Waals surface area contributed by atoms with Crippen LogP contribution in [-0.4, -0.2) is 54.5 Å². The molecule has 1 amide bonds. The van der Waals surface area contributed by atoms with Gasteiger partial charge < -0.3 is 9.64 Å². The molecule has 0 N–H and O–H groups in total. The van der Waals surface area contributed by atoms with E-state index in [1.807, 2.05) is 13.8 Å². The van der Waals surface area contributed by atoms with E-state index in [1.165, 1.54) is 23.3 Å². The van der Waals surface area contributed by atoms with Crippen LogP contribution in [0.25, 0.3) is 5.69 Å². The van der Waals surface area contributed by atoms with Crippen molar-refractivity contribution < 1.29 is 22.7 Å². The van der Waals surface area contributed by atoms with Gasteiger partial charge in [-0.2, -0.15) is 23.4 Å². The van der Waals surface area contributed by atoms with Crippen LogP contribution in [0, 0.1) is 12.8 Å². The SMILES string of the molecule is CCC(Oc1ccc(C(F)(F)F)cn1)C1CCC(C)CN1C(=O)c1nc(C)ccc1-n1nccn1. The smallest absolute Gasteiger partial charge is 0.417 e. The van der Waals surface area contributed by atoms with Crippen LogP contribution >= 0.6 is 0 Å². The number of hydrogen-bond acceptors (Lipinski definition) is 6. The maximum Gasteiger partial charge on any atom is 0.417 e. The summed E-state index contributed by atoms with van der Waals surface area (Å²) in [4.78, 5) is 25.3. The Hall–Kier alpha value is -3.50. The largest absolute Gasteiger partial charge is 0.472 e. The van der Waals surface area contributed by atoms with Gasteiger partial charge in [-0.3, -0.25) is 4.79 Å². The molecule has 3 unspecified atom stereocenters. The monoisotopic (exact) mass is 488 g/mol. The van der Waals surface area contributed by atoms with Gasteiger partial charge in [0, 0.05) is 24.5 Å². The van der Waals surface area contributed by atoms with Gasteiger partial charge in [0.2, 0.25) is 5.88 Å². The number of ether oxygens (including phenoxy) is 1. The second-order valence-corrected chi connectivity index (χ2v) is 8.79. The van der Waals surface area contributed by atoms with Crippen molar-refractivity contribution in [2.75, 3.05) is 6.54 Å². The Labute approximate surface area is 201 Å². The third-order valence-corrected chi connectivity index (χ3v) is 6.14. The highest BCUT2D eigenvalue weighted by Crippen LogP contribution is 2.31. The summed E-state index contributed by atoms with van der Waals surface area (Å²) < 4.78 is 44.7. The zero-order valence-electron chi connectivity index (χ0n) is 19.7. The molecule has 0 bridgehead atoms. The molecular formula is C24H27F3N6O2. The molecule has 0 aliphatic carbocycles. The van der Waals surface area contributed by atoms with E-state index in [2.05, 4.69) is 27.1 Å². The summed E-state index contributed by atoms with van der Waals surface area (Å²) in [6, 6.07) is 5.42. The maximum absolute atomic E-state index is 13.9. The van der Waals surface area contributed by atoms with E-state index < -0.39 is 17.8 Å². The maximum atomic E-state index is 13.9. The van der Waals surface area contributed by atoms with Gasteiger partial charge >= 0.3 is 6.18 Å². The number of pyridine rings is 2. The number of carbonyl (C=O) groups is 1. The molecule has 4 heterocycles. The molecule has 1 fully saturated rings. The number of rotatable bonds is 6. The number of aromatic nitrogens is 5. The molecule has 3 atom stereocenters. The quantitative estimate of drug-likeness (QED) is 0.509. The standard InChI is InChI=1S/C24H27F3N6O2/c1-4-20(35-21-10-7-17(13-28-21)24(25,26)27)18-8-5-15(2)14-32(18)23(34)22-19(9-6-16(3)31-22)33-29-11-12-30-33/h6-7,9-13,15,18,20H,4-5,8,14H2,1-3H3. The minimum Gasteiger partial charge on any atom is -0.472 e. The molecule has 0 radical (unpaired) electrons. The summed E-state index contributed by atoms with van der Waals surface area (Å²) in [6.07, 6.45) is 1.01. The van der Waals surface area contributed by atoms with Gasteiger partial charge in [-0.15, -0.1) is 4.80 Å². The van der Waals surface area contributed by atoms with E-state index in [4.69, 9.17) is 4.74 Å². The Kier molecular flexibility index (Phi) is 7.04. The molecule has 1 saturated heterocycles. The molecule has 1 aliphatic rings. The van der Waals surface area contributed by atoms with Gasteiger partial charge in [0.15, 0.2) is 5.69 Å². The van der Waals surface area contributed by atoms with Crippen LogP contribution in [-0.2, 0) is 6.18 Å². The molecule has 35 heavy (non-hydrogen) atoms. The van der Waals surface area contributed by atoms with Crippen molar-refractivity contribution in [1.29, 1.82) is 0 Å². The number of alkyl halides is 3. The fraction of sp³-hybridized carbons (Fsp3) is 0.458. The lowest BCUT2D eigenvalue weighted by atomic mass is 9.89. The third-order valence-electron chi connectivity index (χ3n) is 6.14. The molecule has 0 spiro atoms. The average Bonchev–Trinajstić information content (AvgIpc) is 3.37. The minimum absolute atomic E-state index is 0.0889. The number of halogens is 3. The first-order valence-electron chi connectivity index (χ1n) is 11.5. The zero-order valence-corrected chi connectivity index (χ0v) is 19.7.